The highest BCUT2D eigenvalue weighted by Gasteiger charge is 2.36. The maximum absolute atomic E-state index is 12.6. The third kappa shape index (κ3) is 4.16. The number of ether oxygens (including phenoxy) is 2. The fraction of sp³-hybridized carbons (Fsp3) is 0.778. The van der Waals surface area contributed by atoms with Crippen molar-refractivity contribution in [2.24, 2.45) is 17.3 Å². The van der Waals surface area contributed by atoms with Crippen molar-refractivity contribution in [1.82, 2.24) is 15.1 Å². The molecular weight excluding hydrogens is 306 g/mol. The van der Waals surface area contributed by atoms with E-state index in [4.69, 9.17) is 9.47 Å². The summed E-state index contributed by atoms with van der Waals surface area (Å²) in [4.78, 5) is 12.6. The predicted octanol–water partition coefficient (Wildman–Crippen LogP) is 1.86. The van der Waals surface area contributed by atoms with Gasteiger partial charge in [-0.15, -0.1) is 0 Å². The summed E-state index contributed by atoms with van der Waals surface area (Å²) < 4.78 is 13.0. The van der Waals surface area contributed by atoms with Crippen LogP contribution < -0.4 is 5.32 Å². The molecule has 2 aliphatic heterocycles. The van der Waals surface area contributed by atoms with E-state index in [9.17, 15) is 4.79 Å². The van der Waals surface area contributed by atoms with Crippen molar-refractivity contribution in [2.75, 3.05) is 26.4 Å². The average Bonchev–Trinajstić information content (AvgIpc) is 3.26. The first-order valence-corrected chi connectivity index (χ1v) is 9.01. The average molecular weight is 335 g/mol. The molecule has 3 rings (SSSR count). The predicted molar refractivity (Wildman–Crippen MR) is 90.4 cm³/mol. The summed E-state index contributed by atoms with van der Waals surface area (Å²) >= 11 is 0. The minimum absolute atomic E-state index is 0.0183. The Hall–Kier alpha value is -1.40. The fourth-order valence-corrected chi connectivity index (χ4v) is 3.80. The lowest BCUT2D eigenvalue weighted by atomic mass is 9.74. The first kappa shape index (κ1) is 17.4. The summed E-state index contributed by atoms with van der Waals surface area (Å²) in [6.45, 7) is 8.20. The third-order valence-electron chi connectivity index (χ3n) is 5.50. The first-order valence-electron chi connectivity index (χ1n) is 9.01. The number of aromatic nitrogens is 2. The van der Waals surface area contributed by atoms with Gasteiger partial charge in [0.15, 0.2) is 0 Å². The maximum Gasteiger partial charge on any atom is 0.249 e. The minimum atomic E-state index is -0.361. The number of hydrogen-bond acceptors (Lipinski definition) is 4. The number of nitrogens with zero attached hydrogens (tertiary/aromatic N) is 2. The normalized spacial score (nSPS) is 25.8. The van der Waals surface area contributed by atoms with E-state index in [2.05, 4.69) is 24.3 Å². The molecule has 3 heterocycles. The summed E-state index contributed by atoms with van der Waals surface area (Å²) in [5.74, 6) is 0.803. The van der Waals surface area contributed by atoms with Gasteiger partial charge in [-0.05, 0) is 36.7 Å². The Morgan fingerprint density at radius 3 is 2.79 bits per heavy atom. The Labute approximate surface area is 143 Å². The van der Waals surface area contributed by atoms with Gasteiger partial charge in [0.1, 0.15) is 6.10 Å². The smallest absolute Gasteiger partial charge is 0.249 e. The first-order chi connectivity index (χ1) is 11.6. The molecule has 0 saturated carbocycles. The fourth-order valence-electron chi connectivity index (χ4n) is 3.80. The van der Waals surface area contributed by atoms with Crippen LogP contribution in [0, 0.1) is 17.3 Å². The van der Waals surface area contributed by atoms with E-state index in [0.29, 0.717) is 19.1 Å². The molecule has 0 aliphatic carbocycles. The quantitative estimate of drug-likeness (QED) is 0.862. The van der Waals surface area contributed by atoms with Crippen LogP contribution >= 0.6 is 0 Å². The van der Waals surface area contributed by atoms with E-state index in [1.54, 1.807) is 6.20 Å². The Kier molecular flexibility index (Phi) is 5.56. The molecule has 0 radical (unpaired) electrons. The van der Waals surface area contributed by atoms with Crippen molar-refractivity contribution >= 4 is 5.91 Å². The number of amides is 1. The van der Waals surface area contributed by atoms with E-state index in [0.717, 1.165) is 39.0 Å². The summed E-state index contributed by atoms with van der Waals surface area (Å²) in [6.07, 6.45) is 6.39. The van der Waals surface area contributed by atoms with Gasteiger partial charge < -0.3 is 14.8 Å². The second kappa shape index (κ2) is 7.66. The molecule has 0 spiro atoms. The molecule has 24 heavy (non-hydrogen) atoms. The zero-order chi connectivity index (χ0) is 17.0. The maximum atomic E-state index is 12.6. The second-order valence-corrected chi connectivity index (χ2v) is 7.66. The van der Waals surface area contributed by atoms with Gasteiger partial charge >= 0.3 is 0 Å². The zero-order valence-electron chi connectivity index (χ0n) is 14.7. The van der Waals surface area contributed by atoms with Gasteiger partial charge in [-0.25, -0.2) is 0 Å². The molecule has 0 aromatic carbocycles. The molecule has 6 heteroatoms. The van der Waals surface area contributed by atoms with E-state index >= 15 is 0 Å². The van der Waals surface area contributed by atoms with Crippen molar-refractivity contribution in [3.63, 3.8) is 0 Å². The number of nitrogens with one attached hydrogen (secondary N) is 1. The van der Waals surface area contributed by atoms with Crippen LogP contribution in [-0.4, -0.2) is 48.2 Å². The van der Waals surface area contributed by atoms with Gasteiger partial charge in [-0.2, -0.15) is 5.10 Å². The molecule has 0 unspecified atom stereocenters. The van der Waals surface area contributed by atoms with E-state index in [-0.39, 0.29) is 23.3 Å². The van der Waals surface area contributed by atoms with Crippen LogP contribution in [0.1, 0.15) is 33.1 Å². The van der Waals surface area contributed by atoms with Gasteiger partial charge in [0.2, 0.25) is 5.91 Å². The monoisotopic (exact) mass is 335 g/mol. The van der Waals surface area contributed by atoms with Crippen LogP contribution in [0.25, 0.3) is 0 Å². The summed E-state index contributed by atoms with van der Waals surface area (Å²) in [6, 6.07) is 1.90. The minimum Gasteiger partial charge on any atom is -0.381 e. The standard InChI is InChI=1S/C18H29N3O3/c1-18(2,15-5-9-23-10-6-15)13-19-17(22)16-14(4-11-24-16)12-21-8-3-7-20-21/h3,7-8,14-16H,4-6,9-13H2,1-2H3,(H,19,22)/t14-,16-/m1/s1. The van der Waals surface area contributed by atoms with Gasteiger partial charge in [0.25, 0.3) is 0 Å². The number of carbonyl (C=O) groups excluding carboxylic acids is 1. The van der Waals surface area contributed by atoms with Crippen LogP contribution in [-0.2, 0) is 20.8 Å². The van der Waals surface area contributed by atoms with Gasteiger partial charge in [0.05, 0.1) is 0 Å². The lowest BCUT2D eigenvalue weighted by Crippen LogP contribution is -2.45. The van der Waals surface area contributed by atoms with Crippen molar-refractivity contribution in [3.05, 3.63) is 18.5 Å². The number of rotatable bonds is 6. The Morgan fingerprint density at radius 1 is 1.29 bits per heavy atom. The van der Waals surface area contributed by atoms with Gasteiger partial charge in [-0.1, -0.05) is 13.8 Å². The number of carbonyl (C=O) groups is 1. The summed E-state index contributed by atoms with van der Waals surface area (Å²) in [5.41, 5.74) is 0.0789. The highest BCUT2D eigenvalue weighted by atomic mass is 16.5. The summed E-state index contributed by atoms with van der Waals surface area (Å²) in [7, 11) is 0. The van der Waals surface area contributed by atoms with E-state index < -0.39 is 0 Å². The molecule has 2 saturated heterocycles. The molecule has 1 amide bonds. The lowest BCUT2D eigenvalue weighted by Gasteiger charge is -2.37. The highest BCUT2D eigenvalue weighted by molar-refractivity contribution is 5.81. The van der Waals surface area contributed by atoms with Crippen molar-refractivity contribution in [2.45, 2.75) is 45.8 Å². The molecule has 2 atom stereocenters. The van der Waals surface area contributed by atoms with Crippen molar-refractivity contribution in [1.29, 1.82) is 0 Å². The topological polar surface area (TPSA) is 65.4 Å². The molecule has 2 aliphatic rings. The SMILES string of the molecule is CC(C)(CNC(=O)[C@@H]1OCC[C@@H]1Cn1cccn1)C1CCOCC1. The van der Waals surface area contributed by atoms with Gasteiger partial charge in [-0.3, -0.25) is 9.48 Å². The van der Waals surface area contributed by atoms with Crippen molar-refractivity contribution in [3.8, 4) is 0 Å². The third-order valence-corrected chi connectivity index (χ3v) is 5.50. The van der Waals surface area contributed by atoms with Gasteiger partial charge in [0, 0.05) is 51.2 Å². The Morgan fingerprint density at radius 2 is 2.08 bits per heavy atom. The second-order valence-electron chi connectivity index (χ2n) is 7.66. The van der Waals surface area contributed by atoms with Crippen LogP contribution in [0.2, 0.25) is 0 Å². The largest absolute Gasteiger partial charge is 0.381 e. The summed E-state index contributed by atoms with van der Waals surface area (Å²) in [5, 5.41) is 7.37. The van der Waals surface area contributed by atoms with E-state index in [1.807, 2.05) is 16.9 Å². The van der Waals surface area contributed by atoms with Crippen LogP contribution in [0.5, 0.6) is 0 Å². The Balaban J connectivity index is 1.51. The molecule has 6 nitrogen and oxygen atoms in total. The van der Waals surface area contributed by atoms with E-state index in [1.165, 1.54) is 0 Å². The lowest BCUT2D eigenvalue weighted by molar-refractivity contribution is -0.132. The van der Waals surface area contributed by atoms with Crippen molar-refractivity contribution < 1.29 is 14.3 Å². The molecule has 134 valence electrons. The van der Waals surface area contributed by atoms with Crippen LogP contribution in [0.15, 0.2) is 18.5 Å². The molecule has 1 N–H and O–H groups in total. The molecule has 1 aromatic heterocycles. The highest BCUT2D eigenvalue weighted by Crippen LogP contribution is 2.34. The zero-order valence-corrected chi connectivity index (χ0v) is 14.7. The van der Waals surface area contributed by atoms with Crippen LogP contribution in [0.3, 0.4) is 0 Å². The molecular formula is C18H29N3O3. The molecule has 2 fully saturated rings. The molecule has 1 aromatic rings. The Bertz CT molecular complexity index is 524. The number of hydrogen-bond donors (Lipinski definition) is 1. The molecule has 0 bridgehead atoms. The van der Waals surface area contributed by atoms with Crippen LogP contribution in [0.4, 0.5) is 0 Å².